The Morgan fingerprint density at radius 2 is 2.14 bits per heavy atom. The van der Waals surface area contributed by atoms with Crippen LogP contribution in [0.3, 0.4) is 0 Å². The topological polar surface area (TPSA) is 50.1 Å². The second kappa shape index (κ2) is 3.80. The summed E-state index contributed by atoms with van der Waals surface area (Å²) in [7, 11) is 0. The second-order valence-electron chi connectivity index (χ2n) is 3.74. The average Bonchev–Trinajstić information content (AvgIpc) is 2.55. The standard InChI is InChI=1S/C9H9Cl2NO2/c1-9(2)5(3-6(10)11)8(9)14-7(13)4-12/h3,5,8H,1-2H3. The molecule has 0 aliphatic heterocycles. The molecule has 0 aromatic heterocycles. The first kappa shape index (κ1) is 11.4. The molecule has 1 fully saturated rings. The molecule has 1 aliphatic carbocycles. The summed E-state index contributed by atoms with van der Waals surface area (Å²) in [6.45, 7) is 3.83. The number of nitrogens with zero attached hydrogens (tertiary/aromatic N) is 1. The summed E-state index contributed by atoms with van der Waals surface area (Å²) < 4.78 is 5.03. The summed E-state index contributed by atoms with van der Waals surface area (Å²) in [5.74, 6) is -0.880. The van der Waals surface area contributed by atoms with E-state index in [0.29, 0.717) is 0 Å². The molecule has 2 unspecified atom stereocenters. The summed E-state index contributed by atoms with van der Waals surface area (Å²) >= 11 is 11.0. The SMILES string of the molecule is CC1(C)C(C=C(Cl)Cl)C1OC(=O)C#N. The monoisotopic (exact) mass is 233 g/mol. The van der Waals surface area contributed by atoms with Crippen molar-refractivity contribution in [1.82, 2.24) is 0 Å². The quantitative estimate of drug-likeness (QED) is 0.544. The number of esters is 1. The molecule has 0 aromatic carbocycles. The van der Waals surface area contributed by atoms with Crippen LogP contribution in [0.15, 0.2) is 10.6 Å². The number of nitriles is 1. The Morgan fingerprint density at radius 1 is 1.57 bits per heavy atom. The van der Waals surface area contributed by atoms with E-state index >= 15 is 0 Å². The number of hydrogen-bond acceptors (Lipinski definition) is 3. The van der Waals surface area contributed by atoms with Gasteiger partial charge in [-0.2, -0.15) is 5.26 Å². The molecule has 0 aromatic rings. The zero-order valence-electron chi connectivity index (χ0n) is 7.75. The molecule has 14 heavy (non-hydrogen) atoms. The molecule has 2 atom stereocenters. The lowest BCUT2D eigenvalue weighted by Gasteiger charge is -1.99. The minimum atomic E-state index is -0.871. The number of halogens is 2. The molecular formula is C9H9Cl2NO2. The van der Waals surface area contributed by atoms with E-state index in [1.807, 2.05) is 13.8 Å². The summed E-state index contributed by atoms with van der Waals surface area (Å²) in [5.41, 5.74) is -0.193. The summed E-state index contributed by atoms with van der Waals surface area (Å²) in [5, 5.41) is 8.26. The van der Waals surface area contributed by atoms with Crippen molar-refractivity contribution in [3.63, 3.8) is 0 Å². The maximum Gasteiger partial charge on any atom is 0.411 e. The van der Waals surface area contributed by atoms with Gasteiger partial charge in [0.2, 0.25) is 0 Å². The third-order valence-electron chi connectivity index (χ3n) is 2.44. The molecule has 0 radical (unpaired) electrons. The maximum absolute atomic E-state index is 10.7. The van der Waals surface area contributed by atoms with Crippen molar-refractivity contribution in [1.29, 1.82) is 5.26 Å². The van der Waals surface area contributed by atoms with Gasteiger partial charge in [0.1, 0.15) is 10.6 Å². The van der Waals surface area contributed by atoms with Gasteiger partial charge in [0.25, 0.3) is 0 Å². The van der Waals surface area contributed by atoms with Crippen molar-refractivity contribution in [2.75, 3.05) is 0 Å². The fourth-order valence-corrected chi connectivity index (χ4v) is 1.71. The first-order chi connectivity index (χ1) is 6.39. The molecule has 0 amide bonds. The van der Waals surface area contributed by atoms with Gasteiger partial charge in [-0.25, -0.2) is 4.79 Å². The van der Waals surface area contributed by atoms with Crippen molar-refractivity contribution in [2.45, 2.75) is 20.0 Å². The van der Waals surface area contributed by atoms with E-state index in [1.54, 1.807) is 6.08 Å². The predicted octanol–water partition coefficient (Wildman–Crippen LogP) is 2.40. The fourth-order valence-electron chi connectivity index (χ4n) is 1.43. The fraction of sp³-hybridized carbons (Fsp3) is 0.556. The van der Waals surface area contributed by atoms with Crippen LogP contribution in [-0.4, -0.2) is 12.1 Å². The first-order valence-electron chi connectivity index (χ1n) is 4.03. The summed E-state index contributed by atoms with van der Waals surface area (Å²) in [6.07, 6.45) is 1.32. The zero-order valence-corrected chi connectivity index (χ0v) is 9.26. The Bertz CT molecular complexity index is 326. The van der Waals surface area contributed by atoms with Gasteiger partial charge < -0.3 is 4.74 Å². The van der Waals surface area contributed by atoms with E-state index < -0.39 is 5.97 Å². The zero-order chi connectivity index (χ0) is 10.9. The minimum Gasteiger partial charge on any atom is -0.450 e. The van der Waals surface area contributed by atoms with Crippen LogP contribution in [0.25, 0.3) is 0 Å². The number of carbonyl (C=O) groups is 1. The Balaban J connectivity index is 2.63. The van der Waals surface area contributed by atoms with Crippen LogP contribution in [0.1, 0.15) is 13.8 Å². The summed E-state index contributed by atoms with van der Waals surface area (Å²) in [4.78, 5) is 10.7. The van der Waals surface area contributed by atoms with Crippen LogP contribution < -0.4 is 0 Å². The molecule has 0 heterocycles. The largest absolute Gasteiger partial charge is 0.450 e. The molecule has 1 aliphatic rings. The molecule has 3 nitrogen and oxygen atoms in total. The second-order valence-corrected chi connectivity index (χ2v) is 4.75. The Kier molecular flexibility index (Phi) is 3.08. The average molecular weight is 234 g/mol. The third kappa shape index (κ3) is 2.20. The van der Waals surface area contributed by atoms with Gasteiger partial charge >= 0.3 is 5.97 Å². The van der Waals surface area contributed by atoms with Gasteiger partial charge in [0.15, 0.2) is 6.07 Å². The highest BCUT2D eigenvalue weighted by atomic mass is 35.5. The van der Waals surface area contributed by atoms with Crippen LogP contribution in [0, 0.1) is 22.7 Å². The lowest BCUT2D eigenvalue weighted by molar-refractivity contribution is -0.139. The van der Waals surface area contributed by atoms with Crippen molar-refractivity contribution < 1.29 is 9.53 Å². The maximum atomic E-state index is 10.7. The van der Waals surface area contributed by atoms with Gasteiger partial charge in [0.05, 0.1) is 0 Å². The van der Waals surface area contributed by atoms with Crippen molar-refractivity contribution in [3.05, 3.63) is 10.6 Å². The molecule has 0 saturated heterocycles. The van der Waals surface area contributed by atoms with Gasteiger partial charge in [-0.15, -0.1) is 0 Å². The lowest BCUT2D eigenvalue weighted by Crippen LogP contribution is -2.07. The molecule has 76 valence electrons. The van der Waals surface area contributed by atoms with Crippen molar-refractivity contribution in [3.8, 4) is 6.07 Å². The highest BCUT2D eigenvalue weighted by Crippen LogP contribution is 2.55. The Hall–Kier alpha value is -0.720. The van der Waals surface area contributed by atoms with Crippen LogP contribution in [0.4, 0.5) is 0 Å². The Morgan fingerprint density at radius 3 is 2.57 bits per heavy atom. The van der Waals surface area contributed by atoms with E-state index in [1.165, 1.54) is 6.07 Å². The Labute approximate surface area is 92.2 Å². The van der Waals surface area contributed by atoms with Gasteiger partial charge in [-0.05, 0) is 6.08 Å². The number of hydrogen-bond donors (Lipinski definition) is 0. The highest BCUT2D eigenvalue weighted by molar-refractivity contribution is 6.55. The molecule has 0 bridgehead atoms. The van der Waals surface area contributed by atoms with Crippen molar-refractivity contribution in [2.24, 2.45) is 11.3 Å². The number of carbonyl (C=O) groups excluding carboxylic acids is 1. The van der Waals surface area contributed by atoms with Gasteiger partial charge in [0, 0.05) is 11.3 Å². The molecule has 1 rings (SSSR count). The van der Waals surface area contributed by atoms with E-state index in [-0.39, 0.29) is 21.9 Å². The van der Waals surface area contributed by atoms with E-state index in [9.17, 15) is 4.79 Å². The van der Waals surface area contributed by atoms with Gasteiger partial charge in [-0.3, -0.25) is 0 Å². The highest BCUT2D eigenvalue weighted by Gasteiger charge is 2.59. The van der Waals surface area contributed by atoms with Crippen LogP contribution in [0.5, 0.6) is 0 Å². The lowest BCUT2D eigenvalue weighted by atomic mass is 10.1. The third-order valence-corrected chi connectivity index (χ3v) is 2.69. The first-order valence-corrected chi connectivity index (χ1v) is 4.78. The normalized spacial score (nSPS) is 27.4. The minimum absolute atomic E-state index is 0.00944. The number of rotatable bonds is 2. The van der Waals surface area contributed by atoms with Crippen LogP contribution >= 0.6 is 23.2 Å². The summed E-state index contributed by atoms with van der Waals surface area (Å²) in [6, 6.07) is 1.40. The van der Waals surface area contributed by atoms with Gasteiger partial charge in [-0.1, -0.05) is 37.0 Å². The predicted molar refractivity (Wildman–Crippen MR) is 52.6 cm³/mol. The molecule has 1 saturated carbocycles. The number of ether oxygens (including phenoxy) is 1. The van der Waals surface area contributed by atoms with E-state index in [0.717, 1.165) is 0 Å². The van der Waals surface area contributed by atoms with E-state index in [4.69, 9.17) is 33.2 Å². The smallest absolute Gasteiger partial charge is 0.411 e. The van der Waals surface area contributed by atoms with Crippen LogP contribution in [0.2, 0.25) is 0 Å². The van der Waals surface area contributed by atoms with Crippen molar-refractivity contribution >= 4 is 29.2 Å². The van der Waals surface area contributed by atoms with E-state index in [2.05, 4.69) is 0 Å². The van der Waals surface area contributed by atoms with Crippen LogP contribution in [-0.2, 0) is 9.53 Å². The molecular weight excluding hydrogens is 225 g/mol. The molecule has 0 spiro atoms. The molecule has 5 heteroatoms. The molecule has 0 N–H and O–H groups in total.